The van der Waals surface area contributed by atoms with E-state index in [0.717, 1.165) is 38.5 Å². The molecule has 1 saturated carbocycles. The SMILES string of the molecule is CCCC(C)C(=O)NCCOC1CCC(N)CC1. The van der Waals surface area contributed by atoms with Gasteiger partial charge in [0.05, 0.1) is 12.7 Å². The third-order valence-electron chi connectivity index (χ3n) is 3.64. The number of nitrogens with one attached hydrogen (secondary N) is 1. The van der Waals surface area contributed by atoms with Crippen molar-refractivity contribution in [2.75, 3.05) is 13.2 Å². The molecule has 1 unspecified atom stereocenters. The Hall–Kier alpha value is -0.610. The second-order valence-corrected chi connectivity index (χ2v) is 5.39. The van der Waals surface area contributed by atoms with E-state index in [2.05, 4.69) is 12.2 Å². The van der Waals surface area contributed by atoms with Crippen molar-refractivity contribution in [3.63, 3.8) is 0 Å². The summed E-state index contributed by atoms with van der Waals surface area (Å²) in [5, 5.41) is 2.93. The van der Waals surface area contributed by atoms with Crippen LogP contribution in [0, 0.1) is 5.92 Å². The number of carbonyl (C=O) groups excluding carboxylic acids is 1. The fraction of sp³-hybridized carbons (Fsp3) is 0.929. The molecule has 0 spiro atoms. The van der Waals surface area contributed by atoms with Crippen LogP contribution in [-0.4, -0.2) is 31.2 Å². The van der Waals surface area contributed by atoms with Crippen molar-refractivity contribution >= 4 is 5.91 Å². The van der Waals surface area contributed by atoms with Crippen LogP contribution in [0.4, 0.5) is 0 Å². The second-order valence-electron chi connectivity index (χ2n) is 5.39. The highest BCUT2D eigenvalue weighted by atomic mass is 16.5. The third kappa shape index (κ3) is 5.83. The van der Waals surface area contributed by atoms with E-state index >= 15 is 0 Å². The molecule has 0 radical (unpaired) electrons. The van der Waals surface area contributed by atoms with Crippen LogP contribution in [0.2, 0.25) is 0 Å². The first kappa shape index (κ1) is 15.4. The van der Waals surface area contributed by atoms with Gasteiger partial charge in [-0.1, -0.05) is 20.3 Å². The van der Waals surface area contributed by atoms with E-state index in [0.29, 0.717) is 25.3 Å². The summed E-state index contributed by atoms with van der Waals surface area (Å²) in [6.07, 6.45) is 6.58. The van der Waals surface area contributed by atoms with E-state index in [9.17, 15) is 4.79 Å². The van der Waals surface area contributed by atoms with Gasteiger partial charge in [0.15, 0.2) is 0 Å². The highest BCUT2D eigenvalue weighted by Crippen LogP contribution is 2.19. The summed E-state index contributed by atoms with van der Waals surface area (Å²) < 4.78 is 5.75. The van der Waals surface area contributed by atoms with Gasteiger partial charge in [-0.3, -0.25) is 4.79 Å². The highest BCUT2D eigenvalue weighted by Gasteiger charge is 2.18. The predicted molar refractivity (Wildman–Crippen MR) is 73.3 cm³/mol. The van der Waals surface area contributed by atoms with E-state index in [1.807, 2.05) is 6.92 Å². The minimum Gasteiger partial charge on any atom is -0.376 e. The van der Waals surface area contributed by atoms with Crippen LogP contribution < -0.4 is 11.1 Å². The van der Waals surface area contributed by atoms with Crippen molar-refractivity contribution < 1.29 is 9.53 Å². The molecular formula is C14H28N2O2. The Labute approximate surface area is 111 Å². The molecule has 0 aromatic carbocycles. The molecule has 106 valence electrons. The van der Waals surface area contributed by atoms with Crippen LogP contribution in [0.25, 0.3) is 0 Å². The quantitative estimate of drug-likeness (QED) is 0.683. The van der Waals surface area contributed by atoms with Gasteiger partial charge in [-0.2, -0.15) is 0 Å². The van der Waals surface area contributed by atoms with E-state index in [1.54, 1.807) is 0 Å². The number of nitrogens with two attached hydrogens (primary N) is 1. The number of rotatable bonds is 7. The average Bonchev–Trinajstić information content (AvgIpc) is 2.36. The van der Waals surface area contributed by atoms with Gasteiger partial charge in [0.25, 0.3) is 0 Å². The molecule has 1 aliphatic rings. The maximum absolute atomic E-state index is 11.6. The van der Waals surface area contributed by atoms with Crippen LogP contribution in [0.15, 0.2) is 0 Å². The monoisotopic (exact) mass is 256 g/mol. The lowest BCUT2D eigenvalue weighted by Gasteiger charge is -2.26. The average molecular weight is 256 g/mol. The molecule has 4 nitrogen and oxygen atoms in total. The fourth-order valence-electron chi connectivity index (χ4n) is 2.39. The Bertz CT molecular complexity index is 238. The maximum Gasteiger partial charge on any atom is 0.222 e. The molecule has 4 heteroatoms. The van der Waals surface area contributed by atoms with Gasteiger partial charge in [-0.05, 0) is 32.1 Å². The highest BCUT2D eigenvalue weighted by molar-refractivity contribution is 5.78. The van der Waals surface area contributed by atoms with Crippen molar-refractivity contribution in [2.24, 2.45) is 11.7 Å². The molecule has 0 aromatic rings. The van der Waals surface area contributed by atoms with Gasteiger partial charge in [0.1, 0.15) is 0 Å². The van der Waals surface area contributed by atoms with Crippen molar-refractivity contribution in [3.05, 3.63) is 0 Å². The molecule has 0 bridgehead atoms. The molecule has 3 N–H and O–H groups in total. The van der Waals surface area contributed by atoms with E-state index in [1.165, 1.54) is 0 Å². The lowest BCUT2D eigenvalue weighted by molar-refractivity contribution is -0.125. The Morgan fingerprint density at radius 1 is 1.39 bits per heavy atom. The van der Waals surface area contributed by atoms with Crippen molar-refractivity contribution in [3.8, 4) is 0 Å². The maximum atomic E-state index is 11.6. The summed E-state index contributed by atoms with van der Waals surface area (Å²) in [7, 11) is 0. The Balaban J connectivity index is 2.02. The molecule has 1 amide bonds. The molecule has 1 rings (SSSR count). The van der Waals surface area contributed by atoms with Crippen molar-refractivity contribution in [1.29, 1.82) is 0 Å². The van der Waals surface area contributed by atoms with Crippen molar-refractivity contribution in [1.82, 2.24) is 5.32 Å². The van der Waals surface area contributed by atoms with E-state index in [4.69, 9.17) is 10.5 Å². The molecule has 0 aromatic heterocycles. The van der Waals surface area contributed by atoms with Crippen LogP contribution in [0.3, 0.4) is 0 Å². The Morgan fingerprint density at radius 3 is 2.67 bits per heavy atom. The van der Waals surface area contributed by atoms with Crippen LogP contribution >= 0.6 is 0 Å². The molecule has 0 heterocycles. The minimum atomic E-state index is 0.114. The van der Waals surface area contributed by atoms with Crippen LogP contribution in [-0.2, 0) is 9.53 Å². The minimum absolute atomic E-state index is 0.114. The summed E-state index contributed by atoms with van der Waals surface area (Å²) in [6, 6.07) is 0.361. The molecule has 1 atom stereocenters. The lowest BCUT2D eigenvalue weighted by atomic mass is 9.94. The largest absolute Gasteiger partial charge is 0.376 e. The molecule has 0 saturated heterocycles. The normalized spacial score (nSPS) is 25.7. The number of amides is 1. The second kappa shape index (κ2) is 8.48. The lowest BCUT2D eigenvalue weighted by Crippen LogP contribution is -2.34. The number of hydrogen-bond donors (Lipinski definition) is 2. The summed E-state index contributed by atoms with van der Waals surface area (Å²) >= 11 is 0. The predicted octanol–water partition coefficient (Wildman–Crippen LogP) is 1.83. The molecular weight excluding hydrogens is 228 g/mol. The van der Waals surface area contributed by atoms with Gasteiger partial charge in [-0.25, -0.2) is 0 Å². The first-order valence-corrected chi connectivity index (χ1v) is 7.28. The molecule has 18 heavy (non-hydrogen) atoms. The zero-order valence-corrected chi connectivity index (χ0v) is 11.8. The van der Waals surface area contributed by atoms with Gasteiger partial charge in [0.2, 0.25) is 5.91 Å². The zero-order chi connectivity index (χ0) is 13.4. The Kier molecular flexibility index (Phi) is 7.28. The summed E-state index contributed by atoms with van der Waals surface area (Å²) in [6.45, 7) is 5.31. The summed E-state index contributed by atoms with van der Waals surface area (Å²) in [5.74, 6) is 0.258. The number of carbonyl (C=O) groups is 1. The third-order valence-corrected chi connectivity index (χ3v) is 3.64. The molecule has 1 fully saturated rings. The van der Waals surface area contributed by atoms with Gasteiger partial charge >= 0.3 is 0 Å². The standard InChI is InChI=1S/C14H28N2O2/c1-3-4-11(2)14(17)16-9-10-18-13-7-5-12(15)6-8-13/h11-13H,3-10,15H2,1-2H3,(H,16,17). The smallest absolute Gasteiger partial charge is 0.222 e. The summed E-state index contributed by atoms with van der Waals surface area (Å²) in [4.78, 5) is 11.6. The fourth-order valence-corrected chi connectivity index (χ4v) is 2.39. The first-order valence-electron chi connectivity index (χ1n) is 7.28. The zero-order valence-electron chi connectivity index (χ0n) is 11.8. The number of ether oxygens (including phenoxy) is 1. The van der Waals surface area contributed by atoms with E-state index < -0.39 is 0 Å². The summed E-state index contributed by atoms with van der Waals surface area (Å²) in [5.41, 5.74) is 5.84. The first-order chi connectivity index (χ1) is 8.63. The number of hydrogen-bond acceptors (Lipinski definition) is 3. The van der Waals surface area contributed by atoms with Gasteiger partial charge in [0, 0.05) is 18.5 Å². The van der Waals surface area contributed by atoms with Crippen LogP contribution in [0.5, 0.6) is 0 Å². The van der Waals surface area contributed by atoms with Crippen molar-refractivity contribution in [2.45, 2.75) is 64.5 Å². The van der Waals surface area contributed by atoms with Crippen LogP contribution in [0.1, 0.15) is 52.4 Å². The topological polar surface area (TPSA) is 64.3 Å². The van der Waals surface area contributed by atoms with Gasteiger partial charge in [-0.15, -0.1) is 0 Å². The molecule has 0 aliphatic heterocycles. The molecule has 1 aliphatic carbocycles. The van der Waals surface area contributed by atoms with Gasteiger partial charge < -0.3 is 15.8 Å². The Morgan fingerprint density at radius 2 is 2.06 bits per heavy atom. The van der Waals surface area contributed by atoms with E-state index in [-0.39, 0.29) is 11.8 Å².